The van der Waals surface area contributed by atoms with Gasteiger partial charge in [-0.3, -0.25) is 9.36 Å². The highest BCUT2D eigenvalue weighted by atomic mass is 31.2. The second kappa shape index (κ2) is 6.83. The average Bonchev–Trinajstić information content (AvgIpc) is 2.29. The van der Waals surface area contributed by atoms with Crippen LogP contribution in [0.1, 0.15) is 36.7 Å². The summed E-state index contributed by atoms with van der Waals surface area (Å²) in [5, 5.41) is 0. The molecular weight excluding hydrogens is 251 g/mol. The second-order valence-electron chi connectivity index (χ2n) is 3.82. The quantitative estimate of drug-likeness (QED) is 0.560. The Balaban J connectivity index is 3.01. The largest absolute Gasteiger partial charge is 0.335 e. The van der Waals surface area contributed by atoms with Crippen molar-refractivity contribution in [2.24, 2.45) is 0 Å². The minimum absolute atomic E-state index is 0.0508. The van der Waals surface area contributed by atoms with Gasteiger partial charge < -0.3 is 9.05 Å². The van der Waals surface area contributed by atoms with Crippen LogP contribution >= 0.6 is 7.60 Å². The van der Waals surface area contributed by atoms with Crippen molar-refractivity contribution in [1.82, 2.24) is 0 Å². The van der Waals surface area contributed by atoms with E-state index in [1.165, 1.54) is 6.92 Å². The first-order valence-corrected chi connectivity index (χ1v) is 7.72. The van der Waals surface area contributed by atoms with Gasteiger partial charge in [-0.15, -0.1) is 0 Å². The van der Waals surface area contributed by atoms with Gasteiger partial charge in [0.25, 0.3) is 0 Å². The molecule has 1 rings (SSSR count). The van der Waals surface area contributed by atoms with Crippen LogP contribution in [0.25, 0.3) is 0 Å². The Kier molecular flexibility index (Phi) is 5.73. The Morgan fingerprint density at radius 1 is 1.17 bits per heavy atom. The van der Waals surface area contributed by atoms with Crippen LogP contribution < -0.4 is 0 Å². The molecule has 0 bridgehead atoms. The molecule has 1 aromatic rings. The van der Waals surface area contributed by atoms with E-state index in [4.69, 9.17) is 9.05 Å². The fraction of sp³-hybridized carbons (Fsp3) is 0.462. The molecule has 0 spiro atoms. The van der Waals surface area contributed by atoms with Crippen LogP contribution in [0.5, 0.6) is 0 Å². The van der Waals surface area contributed by atoms with Gasteiger partial charge in [0.05, 0.1) is 19.4 Å². The molecule has 0 fully saturated rings. The van der Waals surface area contributed by atoms with E-state index in [2.05, 4.69) is 0 Å². The first kappa shape index (κ1) is 15.1. The normalized spacial score (nSPS) is 11.5. The van der Waals surface area contributed by atoms with E-state index < -0.39 is 7.60 Å². The lowest BCUT2D eigenvalue weighted by Crippen LogP contribution is -2.03. The lowest BCUT2D eigenvalue weighted by atomic mass is 10.1. The number of Topliss-reactive ketones (excluding diaryl/α,β-unsaturated/α-hetero) is 1. The number of benzene rings is 1. The van der Waals surface area contributed by atoms with Gasteiger partial charge in [0, 0.05) is 5.56 Å². The van der Waals surface area contributed by atoms with Crippen molar-refractivity contribution in [1.29, 1.82) is 0 Å². The van der Waals surface area contributed by atoms with Crippen molar-refractivity contribution in [3.63, 3.8) is 0 Å². The topological polar surface area (TPSA) is 52.6 Å². The predicted octanol–water partition coefficient (Wildman–Crippen LogP) is 3.66. The number of rotatable bonds is 7. The zero-order valence-electron chi connectivity index (χ0n) is 11.0. The van der Waals surface area contributed by atoms with E-state index in [1.54, 1.807) is 32.0 Å². The number of ketones is 1. The number of carbonyl (C=O) groups is 1. The number of hydrogen-bond acceptors (Lipinski definition) is 4. The molecule has 0 heterocycles. The molecule has 0 saturated carbocycles. The molecular formula is C13H19O4P. The Hall–Kier alpha value is -0.960. The highest BCUT2D eigenvalue weighted by Gasteiger charge is 2.25. The van der Waals surface area contributed by atoms with Crippen LogP contribution in [0.15, 0.2) is 24.3 Å². The zero-order valence-corrected chi connectivity index (χ0v) is 11.9. The summed E-state index contributed by atoms with van der Waals surface area (Å²) < 4.78 is 22.9. The summed E-state index contributed by atoms with van der Waals surface area (Å²) >= 11 is 0. The Morgan fingerprint density at radius 3 is 2.22 bits per heavy atom. The first-order valence-electron chi connectivity index (χ1n) is 5.99. The van der Waals surface area contributed by atoms with E-state index >= 15 is 0 Å². The van der Waals surface area contributed by atoms with Crippen LogP contribution in [0.3, 0.4) is 0 Å². The van der Waals surface area contributed by atoms with Crippen molar-refractivity contribution >= 4 is 13.4 Å². The van der Waals surface area contributed by atoms with Crippen molar-refractivity contribution < 1.29 is 18.4 Å². The maximum absolute atomic E-state index is 12.4. The molecule has 0 aliphatic rings. The summed E-state index contributed by atoms with van der Waals surface area (Å²) in [4.78, 5) is 11.5. The SMILES string of the molecule is CCOP(=O)(Cc1ccccc1C(C)=O)OCC. The molecule has 0 unspecified atom stereocenters. The molecule has 5 heteroatoms. The average molecular weight is 270 g/mol. The molecule has 0 N–H and O–H groups in total. The summed E-state index contributed by atoms with van der Waals surface area (Å²) in [7, 11) is -3.16. The highest BCUT2D eigenvalue weighted by molar-refractivity contribution is 7.53. The third-order valence-corrected chi connectivity index (χ3v) is 4.44. The van der Waals surface area contributed by atoms with E-state index in [-0.39, 0.29) is 11.9 Å². The predicted molar refractivity (Wildman–Crippen MR) is 71.0 cm³/mol. The fourth-order valence-electron chi connectivity index (χ4n) is 1.73. The smallest absolute Gasteiger partial charge is 0.309 e. The van der Waals surface area contributed by atoms with Gasteiger partial charge >= 0.3 is 7.60 Å². The number of carbonyl (C=O) groups excluding carboxylic acids is 1. The summed E-state index contributed by atoms with van der Waals surface area (Å²) in [6, 6.07) is 7.10. The van der Waals surface area contributed by atoms with Crippen molar-refractivity contribution in [2.75, 3.05) is 13.2 Å². The summed E-state index contributed by atoms with van der Waals surface area (Å²) in [6.07, 6.45) is 0.129. The Morgan fingerprint density at radius 2 is 1.72 bits per heavy atom. The molecule has 100 valence electrons. The first-order chi connectivity index (χ1) is 8.52. The van der Waals surface area contributed by atoms with Gasteiger partial charge in [-0.1, -0.05) is 24.3 Å². The van der Waals surface area contributed by atoms with Crippen LogP contribution in [-0.4, -0.2) is 19.0 Å². The summed E-state index contributed by atoms with van der Waals surface area (Å²) in [6.45, 7) is 5.66. The standard InChI is InChI=1S/C13H19O4P/c1-4-16-18(15,17-5-2)10-12-8-6-7-9-13(12)11(3)14/h6-9H,4-5,10H2,1-3H3. The van der Waals surface area contributed by atoms with Crippen LogP contribution in [-0.2, 0) is 19.8 Å². The van der Waals surface area contributed by atoms with E-state index in [0.29, 0.717) is 24.3 Å². The second-order valence-corrected chi connectivity index (χ2v) is 5.87. The van der Waals surface area contributed by atoms with Gasteiger partial charge in [-0.05, 0) is 26.3 Å². The van der Waals surface area contributed by atoms with Crippen LogP contribution in [0, 0.1) is 0 Å². The summed E-state index contributed by atoms with van der Waals surface area (Å²) in [5.74, 6) is -0.0508. The molecule has 0 aromatic heterocycles. The third-order valence-electron chi connectivity index (χ3n) is 2.41. The molecule has 0 saturated heterocycles. The van der Waals surface area contributed by atoms with E-state index in [0.717, 1.165) is 0 Å². The minimum atomic E-state index is -3.16. The molecule has 0 amide bonds. The van der Waals surface area contributed by atoms with Crippen molar-refractivity contribution in [3.05, 3.63) is 35.4 Å². The Bertz CT molecular complexity index is 446. The third kappa shape index (κ3) is 4.05. The molecule has 0 radical (unpaired) electrons. The van der Waals surface area contributed by atoms with E-state index in [1.807, 2.05) is 6.07 Å². The van der Waals surface area contributed by atoms with Gasteiger partial charge in [0.2, 0.25) is 0 Å². The van der Waals surface area contributed by atoms with Crippen LogP contribution in [0.4, 0.5) is 0 Å². The van der Waals surface area contributed by atoms with Gasteiger partial charge in [0.15, 0.2) is 5.78 Å². The summed E-state index contributed by atoms with van der Waals surface area (Å²) in [5.41, 5.74) is 1.27. The van der Waals surface area contributed by atoms with Gasteiger partial charge in [0.1, 0.15) is 0 Å². The number of hydrogen-bond donors (Lipinski definition) is 0. The molecule has 0 atom stereocenters. The van der Waals surface area contributed by atoms with Gasteiger partial charge in [-0.2, -0.15) is 0 Å². The minimum Gasteiger partial charge on any atom is -0.309 e. The fourth-order valence-corrected chi connectivity index (χ4v) is 3.47. The molecule has 18 heavy (non-hydrogen) atoms. The molecule has 0 aliphatic carbocycles. The van der Waals surface area contributed by atoms with Gasteiger partial charge in [-0.25, -0.2) is 0 Å². The van der Waals surface area contributed by atoms with Crippen molar-refractivity contribution in [3.8, 4) is 0 Å². The molecule has 1 aromatic carbocycles. The maximum atomic E-state index is 12.4. The maximum Gasteiger partial charge on any atom is 0.335 e. The molecule has 0 aliphatic heterocycles. The zero-order chi connectivity index (χ0) is 13.6. The highest BCUT2D eigenvalue weighted by Crippen LogP contribution is 2.51. The monoisotopic (exact) mass is 270 g/mol. The van der Waals surface area contributed by atoms with Crippen LogP contribution in [0.2, 0.25) is 0 Å². The van der Waals surface area contributed by atoms with E-state index in [9.17, 15) is 9.36 Å². The Labute approximate surface area is 108 Å². The van der Waals surface area contributed by atoms with Crippen molar-refractivity contribution in [2.45, 2.75) is 26.9 Å². The lowest BCUT2D eigenvalue weighted by molar-refractivity contribution is 0.101. The molecule has 4 nitrogen and oxygen atoms in total. The lowest BCUT2D eigenvalue weighted by Gasteiger charge is -2.18.